The maximum atomic E-state index is 10.4. The van der Waals surface area contributed by atoms with Gasteiger partial charge in [-0.2, -0.15) is 0 Å². The van der Waals surface area contributed by atoms with Gasteiger partial charge in [0, 0.05) is 5.54 Å². The lowest BCUT2D eigenvalue weighted by atomic mass is 9.89. The maximum absolute atomic E-state index is 10.4. The summed E-state index contributed by atoms with van der Waals surface area (Å²) in [5.41, 5.74) is 5.36. The largest absolute Gasteiger partial charge is 1.00 e. The highest BCUT2D eigenvalue weighted by molar-refractivity contribution is 7.80. The average molecular weight is 253 g/mol. The molecule has 5 nitrogen and oxygen atoms in total. The van der Waals surface area contributed by atoms with E-state index in [1.165, 1.54) is 0 Å². The van der Waals surface area contributed by atoms with Gasteiger partial charge in [0.25, 0.3) is 0 Å². The second-order valence-electron chi connectivity index (χ2n) is 4.24. The molecule has 0 radical (unpaired) electrons. The Morgan fingerprint density at radius 3 is 2.00 bits per heavy atom. The molecule has 0 unspecified atom stereocenters. The molecule has 0 spiro atoms. The Kier molecular flexibility index (Phi) is 7.14. The summed E-state index contributed by atoms with van der Waals surface area (Å²) in [6.45, 7) is 3.86. The summed E-state index contributed by atoms with van der Waals surface area (Å²) in [6.07, 6.45) is 5.13. The predicted octanol–water partition coefficient (Wildman–Crippen LogP) is 1.65. The number of nitrogens with two attached hydrogens (primary N) is 1. The Hall–Kier alpha value is -0.170. The van der Waals surface area contributed by atoms with E-state index in [1.807, 2.05) is 13.8 Å². The molecule has 0 aromatic rings. The molecule has 0 aromatic heterocycles. The minimum absolute atomic E-state index is 0. The molecule has 0 aromatic carbocycles. The number of hydrogen-bond acceptors (Lipinski definition) is 5. The zero-order chi connectivity index (χ0) is 12.7. The Morgan fingerprint density at radius 1 is 1.25 bits per heavy atom. The molecule has 0 saturated heterocycles. The van der Waals surface area contributed by atoms with Crippen molar-refractivity contribution in [1.29, 1.82) is 0 Å². The fourth-order valence-corrected chi connectivity index (χ4v) is 1.90. The van der Waals surface area contributed by atoms with Crippen LogP contribution in [0.4, 0.5) is 0 Å². The average Bonchev–Trinajstić information content (AvgIpc) is 2.20. The fraction of sp³-hybridized carbons (Fsp3) is 1.00. The minimum Gasteiger partial charge on any atom is -0.726 e. The van der Waals surface area contributed by atoms with E-state index in [-0.39, 0.29) is 8.03 Å². The smallest absolute Gasteiger partial charge is 0.726 e. The first-order valence-electron chi connectivity index (χ1n) is 5.72. The molecule has 0 saturated carbocycles. The monoisotopic (exact) mass is 253 g/mol. The molecule has 0 aliphatic rings. The summed E-state index contributed by atoms with van der Waals surface area (Å²) in [7, 11) is -4.64. The van der Waals surface area contributed by atoms with E-state index in [0.717, 1.165) is 25.7 Å². The summed E-state index contributed by atoms with van der Waals surface area (Å²) in [5.74, 6) is 0. The van der Waals surface area contributed by atoms with Crippen molar-refractivity contribution in [3.63, 3.8) is 0 Å². The molecular weight excluding hydrogens is 230 g/mol. The van der Waals surface area contributed by atoms with Crippen LogP contribution in [0.3, 0.4) is 0 Å². The van der Waals surface area contributed by atoms with Crippen LogP contribution >= 0.6 is 0 Å². The van der Waals surface area contributed by atoms with Crippen molar-refractivity contribution in [2.75, 3.05) is 6.61 Å². The van der Waals surface area contributed by atoms with Gasteiger partial charge in [0.1, 0.15) is 0 Å². The maximum Gasteiger partial charge on any atom is 1.00 e. The molecule has 0 rings (SSSR count). The molecule has 0 fully saturated rings. The lowest BCUT2D eigenvalue weighted by molar-refractivity contribution is 0.175. The van der Waals surface area contributed by atoms with Gasteiger partial charge in [0.05, 0.1) is 6.61 Å². The first kappa shape index (κ1) is 15.8. The van der Waals surface area contributed by atoms with Gasteiger partial charge < -0.3 is 10.3 Å². The molecular formula is C10H23NO4S. The van der Waals surface area contributed by atoms with Crippen molar-refractivity contribution in [3.05, 3.63) is 0 Å². The Morgan fingerprint density at radius 2 is 1.69 bits per heavy atom. The molecule has 98 valence electrons. The standard InChI is InChI=1S/C10H23NO4S/c1-3-5-7-10(11,8-6-4-2)9-15-16(12,13)14/h3-9,11H2,1-2H3,(H,12,13,14). The highest BCUT2D eigenvalue weighted by Crippen LogP contribution is 2.20. The van der Waals surface area contributed by atoms with E-state index in [4.69, 9.17) is 5.73 Å². The molecule has 6 heteroatoms. The number of hydrogen-bond donors (Lipinski definition) is 1. The third kappa shape index (κ3) is 8.04. The van der Waals surface area contributed by atoms with Crippen LogP contribution in [0.15, 0.2) is 0 Å². The van der Waals surface area contributed by atoms with Gasteiger partial charge in [0.2, 0.25) is 10.4 Å². The molecule has 0 bridgehead atoms. The molecule has 0 atom stereocenters. The van der Waals surface area contributed by atoms with Crippen molar-refractivity contribution in [1.82, 2.24) is 0 Å². The van der Waals surface area contributed by atoms with Crippen molar-refractivity contribution in [3.8, 4) is 0 Å². The molecule has 0 heterocycles. The minimum atomic E-state index is -4.64. The summed E-state index contributed by atoms with van der Waals surface area (Å²) in [4.78, 5) is 0. The summed E-state index contributed by atoms with van der Waals surface area (Å²) >= 11 is 0. The summed E-state index contributed by atoms with van der Waals surface area (Å²) in [6, 6.07) is 0. The highest BCUT2D eigenvalue weighted by Gasteiger charge is 2.25. The summed E-state index contributed by atoms with van der Waals surface area (Å²) < 4.78 is 35.5. The lowest BCUT2D eigenvalue weighted by Crippen LogP contribution is -2.45. The van der Waals surface area contributed by atoms with Gasteiger partial charge >= 0.3 is 1.43 Å². The van der Waals surface area contributed by atoms with E-state index in [1.54, 1.807) is 0 Å². The van der Waals surface area contributed by atoms with Crippen LogP contribution in [0.25, 0.3) is 0 Å². The lowest BCUT2D eigenvalue weighted by Gasteiger charge is -2.29. The molecule has 16 heavy (non-hydrogen) atoms. The fourth-order valence-electron chi connectivity index (χ4n) is 1.52. The van der Waals surface area contributed by atoms with Crippen LogP contribution in [0.2, 0.25) is 0 Å². The van der Waals surface area contributed by atoms with Crippen molar-refractivity contribution in [2.24, 2.45) is 5.73 Å². The number of unbranched alkanes of at least 4 members (excludes halogenated alkanes) is 2. The van der Waals surface area contributed by atoms with Crippen LogP contribution in [0.5, 0.6) is 0 Å². The zero-order valence-electron chi connectivity index (χ0n) is 11.1. The third-order valence-corrected chi connectivity index (χ3v) is 2.95. The molecule has 2 N–H and O–H groups in total. The predicted molar refractivity (Wildman–Crippen MR) is 62.7 cm³/mol. The van der Waals surface area contributed by atoms with E-state index in [2.05, 4.69) is 4.18 Å². The molecule has 0 aliphatic heterocycles. The third-order valence-electron chi connectivity index (χ3n) is 2.55. The first-order valence-corrected chi connectivity index (χ1v) is 7.05. The summed E-state index contributed by atoms with van der Waals surface area (Å²) in [5, 5.41) is 0. The second kappa shape index (κ2) is 7.21. The van der Waals surface area contributed by atoms with E-state index >= 15 is 0 Å². The Labute approximate surface area is 99.8 Å². The van der Waals surface area contributed by atoms with Crippen LogP contribution in [-0.2, 0) is 14.6 Å². The van der Waals surface area contributed by atoms with E-state index in [9.17, 15) is 13.0 Å². The Balaban J connectivity index is 0. The highest BCUT2D eigenvalue weighted by atomic mass is 32.3. The number of rotatable bonds is 9. The van der Waals surface area contributed by atoms with Gasteiger partial charge in [-0.05, 0) is 12.8 Å². The first-order chi connectivity index (χ1) is 7.33. The SMILES string of the molecule is CCCCC(N)(CCCC)COS(=O)(=O)[O-].[H+]. The van der Waals surface area contributed by atoms with Gasteiger partial charge in [-0.3, -0.25) is 4.18 Å². The second-order valence-corrected chi connectivity index (χ2v) is 5.29. The van der Waals surface area contributed by atoms with E-state index in [0.29, 0.717) is 12.8 Å². The van der Waals surface area contributed by atoms with Crippen LogP contribution in [-0.4, -0.2) is 25.1 Å². The van der Waals surface area contributed by atoms with E-state index < -0.39 is 15.9 Å². The van der Waals surface area contributed by atoms with Crippen LogP contribution in [0, 0.1) is 0 Å². The molecule has 0 amide bonds. The van der Waals surface area contributed by atoms with Crippen LogP contribution < -0.4 is 5.73 Å². The normalized spacial score (nSPS) is 13.0. The zero-order valence-corrected chi connectivity index (χ0v) is 10.9. The van der Waals surface area contributed by atoms with Crippen molar-refractivity contribution in [2.45, 2.75) is 57.9 Å². The van der Waals surface area contributed by atoms with Gasteiger partial charge in [-0.25, -0.2) is 8.42 Å². The van der Waals surface area contributed by atoms with Crippen molar-refractivity contribution >= 4 is 10.4 Å². The van der Waals surface area contributed by atoms with Crippen LogP contribution in [0.1, 0.15) is 53.8 Å². The quantitative estimate of drug-likeness (QED) is 0.498. The molecule has 0 aliphatic carbocycles. The Bertz CT molecular complexity index is 274. The van der Waals surface area contributed by atoms with Gasteiger partial charge in [0.15, 0.2) is 0 Å². The van der Waals surface area contributed by atoms with Crippen molar-refractivity contribution < 1.29 is 18.6 Å². The van der Waals surface area contributed by atoms with Gasteiger partial charge in [-0.1, -0.05) is 39.5 Å². The van der Waals surface area contributed by atoms with Gasteiger partial charge in [-0.15, -0.1) is 0 Å². The topological polar surface area (TPSA) is 92.5 Å².